The molecule has 2 aromatic rings. The predicted molar refractivity (Wildman–Crippen MR) is 101 cm³/mol. The highest BCUT2D eigenvalue weighted by molar-refractivity contribution is 7.87. The number of imidazole rings is 1. The lowest BCUT2D eigenvalue weighted by molar-refractivity contribution is 0.248. The average molecular weight is 386 g/mol. The third-order valence-corrected chi connectivity index (χ3v) is 12.1. The number of hydrogen-bond donors (Lipinski definition) is 1. The van der Waals surface area contributed by atoms with Crippen LogP contribution in [0.2, 0.25) is 18.1 Å². The second kappa shape index (κ2) is 6.38. The van der Waals surface area contributed by atoms with Gasteiger partial charge in [0.05, 0.1) is 6.20 Å². The Balaban J connectivity index is 2.80. The predicted octanol–water partition coefficient (Wildman–Crippen LogP) is 2.01. The Morgan fingerprint density at radius 1 is 1.28 bits per heavy atom. The van der Waals surface area contributed by atoms with Crippen LogP contribution in [0.1, 0.15) is 26.5 Å². The van der Waals surface area contributed by atoms with E-state index in [0.29, 0.717) is 22.7 Å². The van der Waals surface area contributed by atoms with Crippen molar-refractivity contribution >= 4 is 23.7 Å². The Bertz CT molecular complexity index is 860. The van der Waals surface area contributed by atoms with Crippen LogP contribution in [0, 0.1) is 0 Å². The molecule has 9 heteroatoms. The number of nitrogens with zero attached hydrogens (tertiary/aromatic N) is 3. The van der Waals surface area contributed by atoms with Gasteiger partial charge in [0, 0.05) is 14.1 Å². The third kappa shape index (κ3) is 3.33. The first-order valence-electron chi connectivity index (χ1n) is 8.05. The number of aromatic nitrogens is 2. The van der Waals surface area contributed by atoms with Crippen LogP contribution in [-0.2, 0) is 16.8 Å². The summed E-state index contributed by atoms with van der Waals surface area (Å²) in [6, 6.07) is 3.28. The van der Waals surface area contributed by atoms with Crippen LogP contribution in [0.15, 0.2) is 22.7 Å². The zero-order valence-corrected chi connectivity index (χ0v) is 17.7. The topological polar surface area (TPSA) is 88.6 Å². The van der Waals surface area contributed by atoms with Crippen molar-refractivity contribution in [3.8, 4) is 11.5 Å². The Kier molecular flexibility index (Phi) is 5.08. The lowest BCUT2D eigenvalue weighted by Gasteiger charge is -2.36. The van der Waals surface area contributed by atoms with Crippen molar-refractivity contribution in [2.75, 3.05) is 14.1 Å². The molecule has 25 heavy (non-hydrogen) atoms. The van der Waals surface area contributed by atoms with Crippen molar-refractivity contribution in [3.63, 3.8) is 0 Å². The van der Waals surface area contributed by atoms with E-state index in [-0.39, 0.29) is 11.6 Å². The second-order valence-electron chi connectivity index (χ2n) is 7.82. The molecular weight excluding hydrogens is 358 g/mol. The smallest absolute Gasteiger partial charge is 0.308 e. The van der Waals surface area contributed by atoms with E-state index in [9.17, 15) is 13.5 Å². The zero-order chi connectivity index (χ0) is 19.2. The molecule has 1 N–H and O–H groups in total. The molecule has 0 amide bonds. The molecule has 2 aromatic heterocycles. The molecule has 0 spiro atoms. The molecule has 0 aliphatic carbocycles. The van der Waals surface area contributed by atoms with Gasteiger partial charge in [-0.15, -0.1) is 0 Å². The van der Waals surface area contributed by atoms with Gasteiger partial charge in [0.25, 0.3) is 0 Å². The molecule has 0 radical (unpaired) electrons. The molecule has 0 atom stereocenters. The Labute approximate surface area is 150 Å². The molecular formula is C16H27N3O4SSi. The molecule has 0 bridgehead atoms. The van der Waals surface area contributed by atoms with E-state index >= 15 is 0 Å². The molecule has 0 fully saturated rings. The fraction of sp³-hybridized carbons (Fsp3) is 0.562. The molecule has 0 aromatic carbocycles. The minimum absolute atomic E-state index is 0.0887. The maximum Gasteiger partial charge on any atom is 0.308 e. The van der Waals surface area contributed by atoms with Crippen LogP contribution in [0.3, 0.4) is 0 Å². The van der Waals surface area contributed by atoms with Crippen molar-refractivity contribution in [2.45, 2.75) is 45.5 Å². The van der Waals surface area contributed by atoms with Gasteiger partial charge < -0.3 is 9.52 Å². The normalized spacial score (nSPS) is 13.6. The summed E-state index contributed by atoms with van der Waals surface area (Å²) in [6.45, 7) is 10.3. The summed E-state index contributed by atoms with van der Waals surface area (Å²) in [6.07, 6.45) is 1.54. The summed E-state index contributed by atoms with van der Waals surface area (Å²) in [7, 11) is -3.03. The standard InChI is InChI=1S/C16H27N3O4SSi/c1-16(2,3)25(6,7)15-17-10-13(14-9-8-12(11-20)23-14)19(15)24(21,22)18(4)5/h8-10,20H,11H2,1-7H3. The van der Waals surface area contributed by atoms with Crippen LogP contribution >= 0.6 is 0 Å². The highest BCUT2D eigenvalue weighted by Gasteiger charge is 2.44. The van der Waals surface area contributed by atoms with Crippen molar-refractivity contribution in [3.05, 3.63) is 24.1 Å². The van der Waals surface area contributed by atoms with Gasteiger partial charge in [0.1, 0.15) is 31.6 Å². The fourth-order valence-corrected chi connectivity index (χ4v) is 5.95. The van der Waals surface area contributed by atoms with Gasteiger partial charge in [-0.3, -0.25) is 0 Å². The lowest BCUT2D eigenvalue weighted by atomic mass is 10.2. The quantitative estimate of drug-likeness (QED) is 0.795. The van der Waals surface area contributed by atoms with Crippen molar-refractivity contribution in [1.82, 2.24) is 13.3 Å². The van der Waals surface area contributed by atoms with Gasteiger partial charge >= 0.3 is 10.2 Å². The van der Waals surface area contributed by atoms with Gasteiger partial charge in [-0.05, 0) is 17.2 Å². The van der Waals surface area contributed by atoms with Gasteiger partial charge in [-0.1, -0.05) is 33.9 Å². The zero-order valence-electron chi connectivity index (χ0n) is 15.9. The molecule has 0 aliphatic rings. The summed E-state index contributed by atoms with van der Waals surface area (Å²) in [4.78, 5) is 4.51. The lowest BCUT2D eigenvalue weighted by Crippen LogP contribution is -2.56. The van der Waals surface area contributed by atoms with E-state index in [1.807, 2.05) is 0 Å². The van der Waals surface area contributed by atoms with Crippen LogP contribution in [0.4, 0.5) is 0 Å². The minimum atomic E-state index is -3.78. The SMILES string of the molecule is CN(C)S(=O)(=O)n1c(-c2ccc(CO)o2)cnc1[Si](C)(C)C(C)(C)C. The summed E-state index contributed by atoms with van der Waals surface area (Å²) in [5.41, 5.74) is 0.943. The first-order valence-corrected chi connectivity index (χ1v) is 12.4. The van der Waals surface area contributed by atoms with Gasteiger partial charge in [-0.2, -0.15) is 12.7 Å². The van der Waals surface area contributed by atoms with Crippen LogP contribution < -0.4 is 5.45 Å². The van der Waals surface area contributed by atoms with Crippen LogP contribution in [-0.4, -0.2) is 49.0 Å². The van der Waals surface area contributed by atoms with E-state index < -0.39 is 18.3 Å². The summed E-state index contributed by atoms with van der Waals surface area (Å²) < 4.78 is 34.1. The van der Waals surface area contributed by atoms with E-state index in [0.717, 1.165) is 0 Å². The molecule has 0 aliphatic heterocycles. The van der Waals surface area contributed by atoms with E-state index in [1.165, 1.54) is 28.6 Å². The maximum atomic E-state index is 13.0. The van der Waals surface area contributed by atoms with Crippen molar-refractivity contribution < 1.29 is 17.9 Å². The second-order valence-corrected chi connectivity index (χ2v) is 15.0. The Morgan fingerprint density at radius 2 is 1.88 bits per heavy atom. The highest BCUT2D eigenvalue weighted by atomic mass is 32.2. The van der Waals surface area contributed by atoms with E-state index in [1.54, 1.807) is 12.1 Å². The van der Waals surface area contributed by atoms with E-state index in [4.69, 9.17) is 4.42 Å². The molecule has 0 saturated heterocycles. The largest absolute Gasteiger partial charge is 0.457 e. The van der Waals surface area contributed by atoms with Gasteiger partial charge in [-0.25, -0.2) is 8.96 Å². The van der Waals surface area contributed by atoms with Crippen molar-refractivity contribution in [2.24, 2.45) is 0 Å². The van der Waals surface area contributed by atoms with Gasteiger partial charge in [0.15, 0.2) is 5.76 Å². The number of aliphatic hydroxyl groups is 1. The molecule has 140 valence electrons. The molecule has 0 saturated carbocycles. The Morgan fingerprint density at radius 3 is 2.32 bits per heavy atom. The van der Waals surface area contributed by atoms with Crippen molar-refractivity contribution in [1.29, 1.82) is 0 Å². The summed E-state index contributed by atoms with van der Waals surface area (Å²) in [5.74, 6) is 0.741. The molecule has 2 rings (SSSR count). The molecule has 7 nitrogen and oxygen atoms in total. The average Bonchev–Trinajstić information content (AvgIpc) is 3.12. The minimum Gasteiger partial charge on any atom is -0.457 e. The van der Waals surface area contributed by atoms with Crippen LogP contribution in [0.25, 0.3) is 11.5 Å². The summed E-state index contributed by atoms with van der Waals surface area (Å²) in [5, 5.41) is 9.13. The van der Waals surface area contributed by atoms with Gasteiger partial charge in [0.2, 0.25) is 0 Å². The monoisotopic (exact) mass is 385 g/mol. The number of hydrogen-bond acceptors (Lipinski definition) is 5. The first-order chi connectivity index (χ1) is 11.3. The molecule has 2 heterocycles. The van der Waals surface area contributed by atoms with E-state index in [2.05, 4.69) is 38.8 Å². The maximum absolute atomic E-state index is 13.0. The number of rotatable bonds is 5. The highest BCUT2D eigenvalue weighted by Crippen LogP contribution is 2.36. The molecule has 0 unspecified atom stereocenters. The Hall–Kier alpha value is -1.42. The van der Waals surface area contributed by atoms with Crippen LogP contribution in [0.5, 0.6) is 0 Å². The number of aliphatic hydroxyl groups excluding tert-OH is 1. The first kappa shape index (κ1) is 19.9. The third-order valence-electron chi connectivity index (χ3n) is 4.92. The number of furan rings is 1. The summed E-state index contributed by atoms with van der Waals surface area (Å²) >= 11 is 0. The fourth-order valence-electron chi connectivity index (χ4n) is 2.25.